The lowest BCUT2D eigenvalue weighted by atomic mass is 10.2. The molecule has 1 aromatic carbocycles. The third kappa shape index (κ3) is 3.46. The molecule has 1 rings (SSSR count). The monoisotopic (exact) mass is 228 g/mol. The average Bonchev–Trinajstić information content (AvgIpc) is 2.25. The molecule has 0 heterocycles. The number of rotatable bonds is 3. The molecule has 0 atom stereocenters. The Bertz CT molecular complexity index is 393. The van der Waals surface area contributed by atoms with E-state index < -0.39 is 12.6 Å². The van der Waals surface area contributed by atoms with Crippen LogP contribution in [-0.2, 0) is 0 Å². The molecule has 1 aromatic rings. The van der Waals surface area contributed by atoms with E-state index in [2.05, 4.69) is 0 Å². The highest BCUT2D eigenvalue weighted by molar-refractivity contribution is 5.58. The number of hydrogen-bond donors (Lipinski definition) is 0. The van der Waals surface area contributed by atoms with E-state index >= 15 is 0 Å². The first kappa shape index (κ1) is 12.4. The quantitative estimate of drug-likeness (QED) is 0.795. The third-order valence-electron chi connectivity index (χ3n) is 2.17. The standard InChI is InChI=1S/C11H11F3N2/c1-16(7-6-11(12,13)14)10-5-3-2-4-9(10)8-15/h2-5H,6-7H2,1H3. The molecule has 0 aliphatic heterocycles. The molecule has 0 aromatic heterocycles. The fourth-order valence-corrected chi connectivity index (χ4v) is 1.32. The number of halogens is 3. The minimum Gasteiger partial charge on any atom is -0.373 e. The van der Waals surface area contributed by atoms with Crippen LogP contribution in [0.4, 0.5) is 18.9 Å². The Morgan fingerprint density at radius 1 is 1.31 bits per heavy atom. The van der Waals surface area contributed by atoms with Gasteiger partial charge in [-0.1, -0.05) is 12.1 Å². The number of benzene rings is 1. The van der Waals surface area contributed by atoms with Gasteiger partial charge in [0.2, 0.25) is 0 Å². The lowest BCUT2D eigenvalue weighted by Crippen LogP contribution is -2.24. The molecule has 0 aliphatic rings. The lowest BCUT2D eigenvalue weighted by Gasteiger charge is -2.21. The average molecular weight is 228 g/mol. The van der Waals surface area contributed by atoms with Crippen molar-refractivity contribution in [3.63, 3.8) is 0 Å². The topological polar surface area (TPSA) is 27.0 Å². The summed E-state index contributed by atoms with van der Waals surface area (Å²) in [5.74, 6) is 0. The van der Waals surface area contributed by atoms with Gasteiger partial charge >= 0.3 is 6.18 Å². The van der Waals surface area contributed by atoms with Crippen molar-refractivity contribution in [1.82, 2.24) is 0 Å². The van der Waals surface area contributed by atoms with Crippen LogP contribution in [0, 0.1) is 11.3 Å². The smallest absolute Gasteiger partial charge is 0.373 e. The normalized spacial score (nSPS) is 10.9. The molecule has 0 saturated heterocycles. The molecule has 0 bridgehead atoms. The van der Waals surface area contributed by atoms with Crippen molar-refractivity contribution in [3.05, 3.63) is 29.8 Å². The number of alkyl halides is 3. The van der Waals surface area contributed by atoms with Crippen LogP contribution in [-0.4, -0.2) is 19.8 Å². The van der Waals surface area contributed by atoms with Crippen molar-refractivity contribution in [3.8, 4) is 6.07 Å². The van der Waals surface area contributed by atoms with Gasteiger partial charge in [0.1, 0.15) is 6.07 Å². The molecule has 2 nitrogen and oxygen atoms in total. The summed E-state index contributed by atoms with van der Waals surface area (Å²) >= 11 is 0. The second-order valence-electron chi connectivity index (χ2n) is 3.42. The minimum atomic E-state index is -4.17. The van der Waals surface area contributed by atoms with Crippen LogP contribution in [0.2, 0.25) is 0 Å². The van der Waals surface area contributed by atoms with Crippen molar-refractivity contribution < 1.29 is 13.2 Å². The Morgan fingerprint density at radius 3 is 2.50 bits per heavy atom. The Labute approximate surface area is 91.9 Å². The van der Waals surface area contributed by atoms with Crippen LogP contribution in [0.15, 0.2) is 24.3 Å². The predicted octanol–water partition coefficient (Wildman–Crippen LogP) is 2.95. The highest BCUT2D eigenvalue weighted by Crippen LogP contribution is 2.23. The van der Waals surface area contributed by atoms with E-state index in [0.29, 0.717) is 11.3 Å². The summed E-state index contributed by atoms with van der Waals surface area (Å²) < 4.78 is 36.1. The summed E-state index contributed by atoms with van der Waals surface area (Å²) in [6, 6.07) is 8.54. The predicted molar refractivity (Wildman–Crippen MR) is 55.1 cm³/mol. The maximum atomic E-state index is 12.0. The van der Waals surface area contributed by atoms with E-state index in [1.54, 1.807) is 31.3 Å². The van der Waals surface area contributed by atoms with Gasteiger partial charge in [0.15, 0.2) is 0 Å². The van der Waals surface area contributed by atoms with Crippen molar-refractivity contribution in [2.45, 2.75) is 12.6 Å². The zero-order valence-electron chi connectivity index (χ0n) is 8.75. The number of anilines is 1. The van der Waals surface area contributed by atoms with E-state index in [4.69, 9.17) is 5.26 Å². The van der Waals surface area contributed by atoms with Gasteiger partial charge < -0.3 is 4.90 Å². The van der Waals surface area contributed by atoms with E-state index in [0.717, 1.165) is 0 Å². The molecule has 0 saturated carbocycles. The fourth-order valence-electron chi connectivity index (χ4n) is 1.32. The van der Waals surface area contributed by atoms with Gasteiger partial charge in [-0.3, -0.25) is 0 Å². The van der Waals surface area contributed by atoms with Crippen LogP contribution >= 0.6 is 0 Å². The van der Waals surface area contributed by atoms with Crippen LogP contribution < -0.4 is 4.90 Å². The fraction of sp³-hybridized carbons (Fsp3) is 0.364. The Balaban J connectivity index is 2.74. The Hall–Kier alpha value is -1.70. The first-order valence-corrected chi connectivity index (χ1v) is 4.71. The first-order chi connectivity index (χ1) is 7.44. The molecule has 0 unspecified atom stereocenters. The van der Waals surface area contributed by atoms with Gasteiger partial charge in [-0.05, 0) is 12.1 Å². The van der Waals surface area contributed by atoms with Crippen LogP contribution in [0.1, 0.15) is 12.0 Å². The zero-order valence-corrected chi connectivity index (χ0v) is 8.75. The lowest BCUT2D eigenvalue weighted by molar-refractivity contribution is -0.132. The summed E-state index contributed by atoms with van der Waals surface area (Å²) in [4.78, 5) is 1.44. The van der Waals surface area contributed by atoms with Gasteiger partial charge in [0.05, 0.1) is 17.7 Å². The molecule has 86 valence electrons. The zero-order chi connectivity index (χ0) is 12.2. The first-order valence-electron chi connectivity index (χ1n) is 4.71. The largest absolute Gasteiger partial charge is 0.390 e. The number of hydrogen-bond acceptors (Lipinski definition) is 2. The van der Waals surface area contributed by atoms with Crippen molar-refractivity contribution >= 4 is 5.69 Å². The van der Waals surface area contributed by atoms with E-state index in [1.165, 1.54) is 4.90 Å². The molecule has 0 spiro atoms. The van der Waals surface area contributed by atoms with Gasteiger partial charge in [0, 0.05) is 13.6 Å². The molecule has 5 heteroatoms. The van der Waals surface area contributed by atoms with E-state index in [-0.39, 0.29) is 6.54 Å². The van der Waals surface area contributed by atoms with E-state index in [1.807, 2.05) is 6.07 Å². The summed E-state index contributed by atoms with van der Waals surface area (Å²) in [5.41, 5.74) is 0.904. The van der Waals surface area contributed by atoms with Crippen molar-refractivity contribution in [2.75, 3.05) is 18.5 Å². The molecule has 16 heavy (non-hydrogen) atoms. The van der Waals surface area contributed by atoms with Gasteiger partial charge in [-0.15, -0.1) is 0 Å². The molecular formula is C11H11F3N2. The highest BCUT2D eigenvalue weighted by atomic mass is 19.4. The maximum absolute atomic E-state index is 12.0. The van der Waals surface area contributed by atoms with Gasteiger partial charge in [-0.2, -0.15) is 18.4 Å². The van der Waals surface area contributed by atoms with Gasteiger partial charge in [-0.25, -0.2) is 0 Å². The molecule has 0 radical (unpaired) electrons. The molecule has 0 N–H and O–H groups in total. The number of nitrogens with zero attached hydrogens (tertiary/aromatic N) is 2. The van der Waals surface area contributed by atoms with Crippen molar-refractivity contribution in [1.29, 1.82) is 5.26 Å². The second-order valence-corrected chi connectivity index (χ2v) is 3.42. The molecular weight excluding hydrogens is 217 g/mol. The molecule has 0 aliphatic carbocycles. The third-order valence-corrected chi connectivity index (χ3v) is 2.17. The summed E-state index contributed by atoms with van der Waals surface area (Å²) in [7, 11) is 1.54. The summed E-state index contributed by atoms with van der Waals surface area (Å²) in [6.07, 6.45) is -5.06. The Morgan fingerprint density at radius 2 is 1.94 bits per heavy atom. The molecule has 0 amide bonds. The SMILES string of the molecule is CN(CCC(F)(F)F)c1ccccc1C#N. The van der Waals surface area contributed by atoms with Crippen LogP contribution in [0.25, 0.3) is 0 Å². The summed E-state index contributed by atoms with van der Waals surface area (Å²) in [6.45, 7) is -0.151. The Kier molecular flexibility index (Phi) is 3.78. The van der Waals surface area contributed by atoms with Crippen LogP contribution in [0.5, 0.6) is 0 Å². The minimum absolute atomic E-state index is 0.151. The summed E-state index contributed by atoms with van der Waals surface area (Å²) in [5, 5.41) is 8.80. The van der Waals surface area contributed by atoms with Crippen LogP contribution in [0.3, 0.4) is 0 Å². The second kappa shape index (κ2) is 4.88. The number of para-hydroxylation sites is 1. The molecule has 0 fully saturated rings. The van der Waals surface area contributed by atoms with Crippen molar-refractivity contribution in [2.24, 2.45) is 0 Å². The highest BCUT2D eigenvalue weighted by Gasteiger charge is 2.27. The van der Waals surface area contributed by atoms with Gasteiger partial charge in [0.25, 0.3) is 0 Å². The maximum Gasteiger partial charge on any atom is 0.390 e. The number of nitriles is 1. The van der Waals surface area contributed by atoms with E-state index in [9.17, 15) is 13.2 Å².